The van der Waals surface area contributed by atoms with Crippen molar-refractivity contribution < 1.29 is 18.3 Å². The highest BCUT2D eigenvalue weighted by Gasteiger charge is 2.33. The first kappa shape index (κ1) is 16.3. The predicted octanol–water partition coefficient (Wildman–Crippen LogP) is 1.34. The average molecular weight is 336 g/mol. The van der Waals surface area contributed by atoms with E-state index < -0.39 is 16.0 Å². The number of sulfonamides is 1. The van der Waals surface area contributed by atoms with Crippen LogP contribution < -0.4 is 0 Å². The molecular weight excluding hydrogens is 318 g/mol. The molecule has 2 rings (SSSR count). The molecule has 1 aliphatic heterocycles. The number of aromatic nitrogens is 2. The van der Waals surface area contributed by atoms with Crippen molar-refractivity contribution in [3.05, 3.63) is 11.2 Å². The Morgan fingerprint density at radius 3 is 2.86 bits per heavy atom. The number of halogens is 1. The Labute approximate surface area is 128 Å². The monoisotopic (exact) mass is 335 g/mol. The fraction of sp³-hybridized carbons (Fsp3) is 0.667. The van der Waals surface area contributed by atoms with Gasteiger partial charge >= 0.3 is 5.97 Å². The molecule has 21 heavy (non-hydrogen) atoms. The zero-order valence-electron chi connectivity index (χ0n) is 11.7. The fourth-order valence-electron chi connectivity index (χ4n) is 2.62. The molecule has 118 valence electrons. The number of rotatable bonds is 5. The van der Waals surface area contributed by atoms with Crippen molar-refractivity contribution in [2.45, 2.75) is 30.7 Å². The molecule has 9 heteroatoms. The molecular formula is C12H18ClN3O4S. The number of aliphatic carboxylic acids is 1. The molecule has 1 unspecified atom stereocenters. The summed E-state index contributed by atoms with van der Waals surface area (Å²) in [4.78, 5) is 10.6. The van der Waals surface area contributed by atoms with Crippen molar-refractivity contribution in [2.75, 3.05) is 13.1 Å². The minimum atomic E-state index is -3.70. The van der Waals surface area contributed by atoms with E-state index in [1.165, 1.54) is 22.2 Å². The first-order chi connectivity index (χ1) is 9.82. The third-order valence-corrected chi connectivity index (χ3v) is 6.05. The summed E-state index contributed by atoms with van der Waals surface area (Å²) in [5.41, 5.74) is 0. The second kappa shape index (κ2) is 6.33. The van der Waals surface area contributed by atoms with E-state index in [-0.39, 0.29) is 22.4 Å². The number of hydrogen-bond donors (Lipinski definition) is 1. The van der Waals surface area contributed by atoms with E-state index in [2.05, 4.69) is 5.10 Å². The van der Waals surface area contributed by atoms with Crippen LogP contribution in [0.1, 0.15) is 25.7 Å². The number of carboxylic acid groups (broad SMARTS) is 1. The maximum absolute atomic E-state index is 12.6. The van der Waals surface area contributed by atoms with E-state index in [1.807, 2.05) is 0 Å². The molecule has 2 heterocycles. The van der Waals surface area contributed by atoms with E-state index in [1.54, 1.807) is 0 Å². The Hall–Kier alpha value is -1.12. The van der Waals surface area contributed by atoms with Crippen molar-refractivity contribution >= 4 is 27.6 Å². The molecule has 0 radical (unpaired) electrons. The molecule has 7 nitrogen and oxygen atoms in total. The molecule has 1 aromatic heterocycles. The van der Waals surface area contributed by atoms with E-state index in [0.29, 0.717) is 19.5 Å². The zero-order valence-corrected chi connectivity index (χ0v) is 13.3. The van der Waals surface area contributed by atoms with E-state index >= 15 is 0 Å². The third kappa shape index (κ3) is 3.56. The molecule has 1 aliphatic rings. The normalized spacial score (nSPS) is 20.6. The van der Waals surface area contributed by atoms with Gasteiger partial charge in [0.25, 0.3) is 10.0 Å². The second-order valence-corrected chi connectivity index (χ2v) is 7.49. The van der Waals surface area contributed by atoms with Gasteiger partial charge in [-0.1, -0.05) is 11.6 Å². The SMILES string of the molecule is Cn1ncc(Cl)c1S(=O)(=O)N1CCCC(CCC(=O)O)C1. The van der Waals surface area contributed by atoms with Crippen molar-refractivity contribution in [3.8, 4) is 0 Å². The predicted molar refractivity (Wildman–Crippen MR) is 76.6 cm³/mol. The van der Waals surface area contributed by atoms with Gasteiger partial charge in [0.2, 0.25) is 0 Å². The minimum absolute atomic E-state index is 0.0111. The maximum Gasteiger partial charge on any atom is 0.303 e. The Kier molecular flexibility index (Phi) is 4.90. The van der Waals surface area contributed by atoms with Gasteiger partial charge < -0.3 is 5.11 Å². The van der Waals surface area contributed by atoms with Crippen LogP contribution in [-0.4, -0.2) is 46.7 Å². The van der Waals surface area contributed by atoms with Crippen molar-refractivity contribution in [1.82, 2.24) is 14.1 Å². The van der Waals surface area contributed by atoms with Gasteiger partial charge in [-0.2, -0.15) is 9.40 Å². The van der Waals surface area contributed by atoms with E-state index in [4.69, 9.17) is 16.7 Å². The third-order valence-electron chi connectivity index (χ3n) is 3.67. The summed E-state index contributed by atoms with van der Waals surface area (Å²) in [6.07, 6.45) is 3.42. The maximum atomic E-state index is 12.6. The summed E-state index contributed by atoms with van der Waals surface area (Å²) >= 11 is 5.92. The Balaban J connectivity index is 2.15. The fourth-order valence-corrected chi connectivity index (χ4v) is 4.78. The highest BCUT2D eigenvalue weighted by molar-refractivity contribution is 7.89. The lowest BCUT2D eigenvalue weighted by Gasteiger charge is -2.31. The van der Waals surface area contributed by atoms with E-state index in [0.717, 1.165) is 12.8 Å². The highest BCUT2D eigenvalue weighted by atomic mass is 35.5. The number of aryl methyl sites for hydroxylation is 1. The van der Waals surface area contributed by atoms with Gasteiger partial charge in [0.05, 0.1) is 11.2 Å². The van der Waals surface area contributed by atoms with Crippen LogP contribution in [-0.2, 0) is 21.9 Å². The first-order valence-corrected chi connectivity index (χ1v) is 8.53. The van der Waals surface area contributed by atoms with E-state index in [9.17, 15) is 13.2 Å². The van der Waals surface area contributed by atoms with Crippen molar-refractivity contribution in [3.63, 3.8) is 0 Å². The summed E-state index contributed by atoms with van der Waals surface area (Å²) in [6.45, 7) is 0.754. The Morgan fingerprint density at radius 1 is 1.57 bits per heavy atom. The lowest BCUT2D eigenvalue weighted by Crippen LogP contribution is -2.40. The molecule has 1 N–H and O–H groups in total. The molecule has 1 fully saturated rings. The summed E-state index contributed by atoms with van der Waals surface area (Å²) in [5, 5.41) is 12.7. The second-order valence-electron chi connectivity index (χ2n) is 5.22. The van der Waals surface area contributed by atoms with Gasteiger partial charge in [-0.15, -0.1) is 0 Å². The van der Waals surface area contributed by atoms with Crippen molar-refractivity contribution in [1.29, 1.82) is 0 Å². The minimum Gasteiger partial charge on any atom is -0.481 e. The largest absolute Gasteiger partial charge is 0.481 e. The smallest absolute Gasteiger partial charge is 0.303 e. The number of piperidine rings is 1. The lowest BCUT2D eigenvalue weighted by atomic mass is 9.95. The molecule has 1 atom stereocenters. The van der Waals surface area contributed by atoms with Crippen LogP contribution in [0.2, 0.25) is 5.02 Å². The molecule has 0 amide bonds. The van der Waals surface area contributed by atoms with Crippen LogP contribution in [0.4, 0.5) is 0 Å². The van der Waals surface area contributed by atoms with Gasteiger partial charge in [-0.3, -0.25) is 9.48 Å². The van der Waals surface area contributed by atoms with Gasteiger partial charge in [-0.05, 0) is 25.2 Å². The summed E-state index contributed by atoms with van der Waals surface area (Å²) in [5.74, 6) is -0.790. The molecule has 0 bridgehead atoms. The average Bonchev–Trinajstić information content (AvgIpc) is 2.76. The molecule has 1 aromatic rings. The zero-order chi connectivity index (χ0) is 15.6. The Bertz CT molecular complexity index is 609. The van der Waals surface area contributed by atoms with Gasteiger partial charge in [-0.25, -0.2) is 8.42 Å². The van der Waals surface area contributed by atoms with Gasteiger partial charge in [0.15, 0.2) is 5.03 Å². The number of carbonyl (C=O) groups is 1. The molecule has 0 saturated carbocycles. The quantitative estimate of drug-likeness (QED) is 0.876. The van der Waals surface area contributed by atoms with Crippen LogP contribution >= 0.6 is 11.6 Å². The standard InChI is InChI=1S/C12H18ClN3O4S/c1-15-12(10(13)7-14-15)21(19,20)16-6-2-3-9(8-16)4-5-11(17)18/h7,9H,2-6,8H2,1H3,(H,17,18). The first-order valence-electron chi connectivity index (χ1n) is 6.72. The molecule has 1 saturated heterocycles. The van der Waals surface area contributed by atoms with Crippen molar-refractivity contribution in [2.24, 2.45) is 13.0 Å². The molecule has 0 spiro atoms. The summed E-state index contributed by atoms with van der Waals surface area (Å²) in [6, 6.07) is 0. The lowest BCUT2D eigenvalue weighted by molar-refractivity contribution is -0.137. The topological polar surface area (TPSA) is 92.5 Å². The Morgan fingerprint density at radius 2 is 2.29 bits per heavy atom. The highest BCUT2D eigenvalue weighted by Crippen LogP contribution is 2.29. The number of hydrogen-bond acceptors (Lipinski definition) is 4. The van der Waals surface area contributed by atoms with Crippen LogP contribution in [0.15, 0.2) is 11.2 Å². The van der Waals surface area contributed by atoms with Crippen LogP contribution in [0.25, 0.3) is 0 Å². The number of carboxylic acids is 1. The van der Waals surface area contributed by atoms with Gasteiger partial charge in [0.1, 0.15) is 0 Å². The van der Waals surface area contributed by atoms with Crippen LogP contribution in [0.5, 0.6) is 0 Å². The van der Waals surface area contributed by atoms with Gasteiger partial charge in [0, 0.05) is 26.6 Å². The summed E-state index contributed by atoms with van der Waals surface area (Å²) in [7, 11) is -2.16. The van der Waals surface area contributed by atoms with Crippen LogP contribution in [0.3, 0.4) is 0 Å². The molecule has 0 aromatic carbocycles. The van der Waals surface area contributed by atoms with Crippen LogP contribution in [0, 0.1) is 5.92 Å². The number of nitrogens with zero attached hydrogens (tertiary/aromatic N) is 3. The summed E-state index contributed by atoms with van der Waals surface area (Å²) < 4.78 is 27.9. The molecule has 0 aliphatic carbocycles.